The molecule has 88 valence electrons. The molecule has 0 amide bonds. The van der Waals surface area contributed by atoms with E-state index in [4.69, 9.17) is 10.5 Å². The van der Waals surface area contributed by atoms with E-state index in [2.05, 4.69) is 15.9 Å². The first-order valence-electron chi connectivity index (χ1n) is 5.05. The molecule has 2 N–H and O–H groups in total. The fourth-order valence-electron chi connectivity index (χ4n) is 1.44. The molecule has 0 spiro atoms. The van der Waals surface area contributed by atoms with Crippen LogP contribution >= 0.6 is 15.9 Å². The molecule has 0 fully saturated rings. The van der Waals surface area contributed by atoms with E-state index >= 15 is 0 Å². The first-order chi connectivity index (χ1) is 8.06. The van der Waals surface area contributed by atoms with E-state index in [0.29, 0.717) is 21.7 Å². The molecule has 0 aliphatic heterocycles. The molecule has 2 aromatic rings. The van der Waals surface area contributed by atoms with Gasteiger partial charge < -0.3 is 10.5 Å². The molecule has 0 heterocycles. The highest BCUT2D eigenvalue weighted by Crippen LogP contribution is 2.33. The molecule has 0 aliphatic rings. The zero-order chi connectivity index (χ0) is 12.4. The van der Waals surface area contributed by atoms with Crippen LogP contribution in [0, 0.1) is 12.7 Å². The number of benzene rings is 2. The number of nitrogens with two attached hydrogens (primary N) is 1. The van der Waals surface area contributed by atoms with Crippen LogP contribution in [0.1, 0.15) is 5.56 Å². The van der Waals surface area contributed by atoms with Gasteiger partial charge in [-0.1, -0.05) is 6.07 Å². The summed E-state index contributed by atoms with van der Waals surface area (Å²) < 4.78 is 19.1. The lowest BCUT2D eigenvalue weighted by Crippen LogP contribution is -1.93. The van der Waals surface area contributed by atoms with E-state index in [-0.39, 0.29) is 5.82 Å². The van der Waals surface area contributed by atoms with Crippen molar-refractivity contribution in [2.45, 2.75) is 6.92 Å². The number of nitrogen functional groups attached to an aromatic ring is 1. The van der Waals surface area contributed by atoms with Crippen molar-refractivity contribution in [3.63, 3.8) is 0 Å². The van der Waals surface area contributed by atoms with E-state index in [1.165, 1.54) is 12.1 Å². The average molecular weight is 296 g/mol. The van der Waals surface area contributed by atoms with Gasteiger partial charge in [0.25, 0.3) is 0 Å². The first-order valence-corrected chi connectivity index (χ1v) is 5.84. The van der Waals surface area contributed by atoms with E-state index < -0.39 is 0 Å². The molecule has 2 aromatic carbocycles. The fraction of sp³-hybridized carbons (Fsp3) is 0.0769. The van der Waals surface area contributed by atoms with Crippen LogP contribution in [0.15, 0.2) is 40.9 Å². The van der Waals surface area contributed by atoms with Gasteiger partial charge in [0.2, 0.25) is 0 Å². The zero-order valence-corrected chi connectivity index (χ0v) is 10.8. The van der Waals surface area contributed by atoms with Gasteiger partial charge in [-0.05, 0) is 58.7 Å². The third-order valence-corrected chi connectivity index (χ3v) is 2.90. The molecule has 0 unspecified atom stereocenters. The van der Waals surface area contributed by atoms with Crippen molar-refractivity contribution in [1.82, 2.24) is 0 Å². The molecule has 2 rings (SSSR count). The predicted molar refractivity (Wildman–Crippen MR) is 69.8 cm³/mol. The van der Waals surface area contributed by atoms with Gasteiger partial charge >= 0.3 is 0 Å². The second-order valence-electron chi connectivity index (χ2n) is 3.72. The van der Waals surface area contributed by atoms with E-state index in [0.717, 1.165) is 5.56 Å². The number of rotatable bonds is 2. The Morgan fingerprint density at radius 1 is 1.12 bits per heavy atom. The van der Waals surface area contributed by atoms with Gasteiger partial charge in [-0.15, -0.1) is 0 Å². The number of hydrogen-bond acceptors (Lipinski definition) is 2. The summed E-state index contributed by atoms with van der Waals surface area (Å²) in [5, 5.41) is 0. The van der Waals surface area contributed by atoms with Gasteiger partial charge in [0, 0.05) is 0 Å². The van der Waals surface area contributed by atoms with Crippen LogP contribution in [-0.2, 0) is 0 Å². The normalized spacial score (nSPS) is 10.3. The molecule has 0 saturated heterocycles. The Hall–Kier alpha value is -1.55. The van der Waals surface area contributed by atoms with E-state index in [1.807, 2.05) is 19.1 Å². The fourth-order valence-corrected chi connectivity index (χ4v) is 1.87. The molecule has 17 heavy (non-hydrogen) atoms. The van der Waals surface area contributed by atoms with Gasteiger partial charge in [0.05, 0.1) is 10.2 Å². The van der Waals surface area contributed by atoms with Crippen molar-refractivity contribution in [3.05, 3.63) is 52.3 Å². The van der Waals surface area contributed by atoms with Gasteiger partial charge in [-0.2, -0.15) is 0 Å². The monoisotopic (exact) mass is 295 g/mol. The van der Waals surface area contributed by atoms with Crippen LogP contribution < -0.4 is 10.5 Å². The number of hydrogen-bond donors (Lipinski definition) is 1. The molecule has 2 nitrogen and oxygen atoms in total. The van der Waals surface area contributed by atoms with Crippen LogP contribution in [-0.4, -0.2) is 0 Å². The summed E-state index contributed by atoms with van der Waals surface area (Å²) in [7, 11) is 0. The topological polar surface area (TPSA) is 35.2 Å². The Morgan fingerprint density at radius 2 is 1.82 bits per heavy atom. The van der Waals surface area contributed by atoms with Crippen molar-refractivity contribution in [2.75, 3.05) is 5.73 Å². The Kier molecular flexibility index (Phi) is 3.33. The number of anilines is 1. The molecular weight excluding hydrogens is 285 g/mol. The van der Waals surface area contributed by atoms with Gasteiger partial charge in [-0.25, -0.2) is 4.39 Å². The quantitative estimate of drug-likeness (QED) is 0.840. The third kappa shape index (κ3) is 2.77. The van der Waals surface area contributed by atoms with Crippen molar-refractivity contribution >= 4 is 21.6 Å². The lowest BCUT2D eigenvalue weighted by molar-refractivity contribution is 0.479. The second kappa shape index (κ2) is 4.75. The Balaban J connectivity index is 2.31. The SMILES string of the molecule is Cc1ccc(Oc2ccc(F)cc2Br)c(N)c1. The summed E-state index contributed by atoms with van der Waals surface area (Å²) in [5.41, 5.74) is 7.45. The van der Waals surface area contributed by atoms with Crippen molar-refractivity contribution < 1.29 is 9.13 Å². The van der Waals surface area contributed by atoms with Crippen LogP contribution in [0.2, 0.25) is 0 Å². The average Bonchev–Trinajstić information content (AvgIpc) is 2.25. The number of ether oxygens (including phenoxy) is 1. The zero-order valence-electron chi connectivity index (χ0n) is 9.21. The smallest absolute Gasteiger partial charge is 0.150 e. The van der Waals surface area contributed by atoms with Crippen molar-refractivity contribution in [3.8, 4) is 11.5 Å². The molecule has 0 radical (unpaired) electrons. The lowest BCUT2D eigenvalue weighted by Gasteiger charge is -2.10. The number of aryl methyl sites for hydroxylation is 1. The molecule has 0 bridgehead atoms. The molecule has 0 aromatic heterocycles. The first kappa shape index (κ1) is 11.9. The number of halogens is 2. The predicted octanol–water partition coefficient (Wildman–Crippen LogP) is 4.27. The Bertz CT molecular complexity index is 508. The molecular formula is C13H11BrFNO. The van der Waals surface area contributed by atoms with Crippen LogP contribution in [0.25, 0.3) is 0 Å². The molecule has 0 atom stereocenters. The summed E-state index contributed by atoms with van der Waals surface area (Å²) in [5.74, 6) is 0.769. The van der Waals surface area contributed by atoms with Gasteiger partial charge in [0.15, 0.2) is 0 Å². The van der Waals surface area contributed by atoms with Crippen LogP contribution in [0.5, 0.6) is 11.5 Å². The highest BCUT2D eigenvalue weighted by atomic mass is 79.9. The standard InChI is InChI=1S/C13H11BrFNO/c1-8-2-4-13(11(16)6-8)17-12-5-3-9(15)7-10(12)14/h2-7H,16H2,1H3. The molecule has 0 aliphatic carbocycles. The van der Waals surface area contributed by atoms with Crippen molar-refractivity contribution in [1.29, 1.82) is 0 Å². The summed E-state index contributed by atoms with van der Waals surface area (Å²) >= 11 is 3.24. The van der Waals surface area contributed by atoms with Gasteiger partial charge in [-0.3, -0.25) is 0 Å². The lowest BCUT2D eigenvalue weighted by atomic mass is 10.2. The van der Waals surface area contributed by atoms with Gasteiger partial charge in [0.1, 0.15) is 17.3 Å². The second-order valence-corrected chi connectivity index (χ2v) is 4.57. The minimum atomic E-state index is -0.318. The maximum absolute atomic E-state index is 12.9. The third-order valence-electron chi connectivity index (χ3n) is 2.28. The minimum Gasteiger partial charge on any atom is -0.454 e. The van der Waals surface area contributed by atoms with Crippen LogP contribution in [0.3, 0.4) is 0 Å². The maximum atomic E-state index is 12.9. The van der Waals surface area contributed by atoms with E-state index in [9.17, 15) is 4.39 Å². The highest BCUT2D eigenvalue weighted by Gasteiger charge is 2.06. The van der Waals surface area contributed by atoms with Crippen molar-refractivity contribution in [2.24, 2.45) is 0 Å². The van der Waals surface area contributed by atoms with Crippen LogP contribution in [0.4, 0.5) is 10.1 Å². The summed E-state index contributed by atoms with van der Waals surface area (Å²) in [6, 6.07) is 9.76. The minimum absolute atomic E-state index is 0.318. The molecule has 4 heteroatoms. The highest BCUT2D eigenvalue weighted by molar-refractivity contribution is 9.10. The maximum Gasteiger partial charge on any atom is 0.150 e. The summed E-state index contributed by atoms with van der Waals surface area (Å²) in [6.45, 7) is 1.95. The molecule has 0 saturated carbocycles. The van der Waals surface area contributed by atoms with E-state index in [1.54, 1.807) is 12.1 Å². The Morgan fingerprint density at radius 3 is 2.47 bits per heavy atom. The summed E-state index contributed by atoms with van der Waals surface area (Å²) in [6.07, 6.45) is 0. The largest absolute Gasteiger partial charge is 0.454 e. The summed E-state index contributed by atoms with van der Waals surface area (Å²) in [4.78, 5) is 0. The Labute approximate surface area is 107 Å².